The van der Waals surface area contributed by atoms with Crippen LogP contribution in [0.3, 0.4) is 0 Å². The molecular weight excluding hydrogens is 268 g/mol. The molecule has 108 valence electrons. The topological polar surface area (TPSA) is 92.4 Å². The summed E-state index contributed by atoms with van der Waals surface area (Å²) in [5.74, 6) is -1.21. The summed E-state index contributed by atoms with van der Waals surface area (Å²) in [6.45, 7) is 0.119. The first-order valence-electron chi connectivity index (χ1n) is 6.52. The Hall–Kier alpha value is -2.82. The van der Waals surface area contributed by atoms with Crippen LogP contribution in [0.5, 0.6) is 0 Å². The molecule has 0 aliphatic rings. The standard InChI is InChI=1S/C16H16N2O3/c17-14-7-5-12(6-8-14)11-1-3-13(4-2-11)16(21)18-10-9-15(19)20/h1-8H,9-10,17H2,(H,18,21)(H,19,20). The number of anilines is 1. The fourth-order valence-corrected chi connectivity index (χ4v) is 1.87. The number of rotatable bonds is 5. The first kappa shape index (κ1) is 14.6. The molecule has 0 unspecified atom stereocenters. The second-order valence-corrected chi connectivity index (χ2v) is 4.60. The van der Waals surface area contributed by atoms with Crippen molar-refractivity contribution in [2.45, 2.75) is 6.42 Å². The van der Waals surface area contributed by atoms with E-state index in [0.29, 0.717) is 11.3 Å². The maximum Gasteiger partial charge on any atom is 0.305 e. The Labute approximate surface area is 122 Å². The van der Waals surface area contributed by atoms with Gasteiger partial charge in [0.2, 0.25) is 0 Å². The van der Waals surface area contributed by atoms with Crippen molar-refractivity contribution >= 4 is 17.6 Å². The van der Waals surface area contributed by atoms with Gasteiger partial charge in [0.25, 0.3) is 5.91 Å². The minimum absolute atomic E-state index is 0.0880. The lowest BCUT2D eigenvalue weighted by Crippen LogP contribution is -2.25. The SMILES string of the molecule is Nc1ccc(-c2ccc(C(=O)NCCC(=O)O)cc2)cc1. The molecule has 21 heavy (non-hydrogen) atoms. The van der Waals surface area contributed by atoms with Gasteiger partial charge < -0.3 is 16.2 Å². The second-order valence-electron chi connectivity index (χ2n) is 4.60. The lowest BCUT2D eigenvalue weighted by Gasteiger charge is -2.06. The summed E-state index contributed by atoms with van der Waals surface area (Å²) in [7, 11) is 0. The van der Waals surface area contributed by atoms with Crippen LogP contribution < -0.4 is 11.1 Å². The monoisotopic (exact) mass is 284 g/mol. The average molecular weight is 284 g/mol. The van der Waals surface area contributed by atoms with E-state index in [0.717, 1.165) is 11.1 Å². The number of carbonyl (C=O) groups is 2. The van der Waals surface area contributed by atoms with Crippen molar-refractivity contribution in [3.8, 4) is 11.1 Å². The number of nitrogens with two attached hydrogens (primary N) is 1. The fourth-order valence-electron chi connectivity index (χ4n) is 1.87. The van der Waals surface area contributed by atoms with Gasteiger partial charge in [-0.15, -0.1) is 0 Å². The molecule has 0 heterocycles. The maximum absolute atomic E-state index is 11.8. The number of benzene rings is 2. The molecule has 0 saturated heterocycles. The zero-order chi connectivity index (χ0) is 15.2. The van der Waals surface area contributed by atoms with Gasteiger partial charge in [-0.2, -0.15) is 0 Å². The number of aliphatic carboxylic acids is 1. The molecule has 5 heteroatoms. The van der Waals surface area contributed by atoms with Crippen molar-refractivity contribution in [2.24, 2.45) is 0 Å². The molecule has 1 amide bonds. The number of hydrogen-bond acceptors (Lipinski definition) is 3. The molecule has 0 aromatic heterocycles. The van der Waals surface area contributed by atoms with Crippen LogP contribution >= 0.6 is 0 Å². The Kier molecular flexibility index (Phi) is 4.56. The van der Waals surface area contributed by atoms with Gasteiger partial charge in [-0.3, -0.25) is 9.59 Å². The molecule has 2 aromatic carbocycles. The minimum atomic E-state index is -0.936. The Bertz CT molecular complexity index is 634. The van der Waals surface area contributed by atoms with Gasteiger partial charge in [0.1, 0.15) is 0 Å². The van der Waals surface area contributed by atoms with Crippen LogP contribution in [-0.2, 0) is 4.79 Å². The zero-order valence-corrected chi connectivity index (χ0v) is 11.4. The average Bonchev–Trinajstić information content (AvgIpc) is 2.48. The Morgan fingerprint density at radius 1 is 0.952 bits per heavy atom. The van der Waals surface area contributed by atoms with Gasteiger partial charge in [0.15, 0.2) is 0 Å². The molecule has 0 radical (unpaired) electrons. The zero-order valence-electron chi connectivity index (χ0n) is 11.4. The van der Waals surface area contributed by atoms with Crippen molar-refractivity contribution in [3.05, 3.63) is 54.1 Å². The highest BCUT2D eigenvalue weighted by Gasteiger charge is 2.06. The molecule has 0 aliphatic carbocycles. The largest absolute Gasteiger partial charge is 0.481 e. The number of carboxylic acids is 1. The maximum atomic E-state index is 11.8. The van der Waals surface area contributed by atoms with Crippen LogP contribution in [0.1, 0.15) is 16.8 Å². The number of amides is 1. The predicted octanol–water partition coefficient (Wildman–Crippen LogP) is 2.14. The summed E-state index contributed by atoms with van der Waals surface area (Å²) in [6.07, 6.45) is -0.0880. The van der Waals surface area contributed by atoms with Crippen LogP contribution in [0, 0.1) is 0 Å². The highest BCUT2D eigenvalue weighted by Crippen LogP contribution is 2.20. The van der Waals surface area contributed by atoms with E-state index in [1.54, 1.807) is 12.1 Å². The molecule has 2 rings (SSSR count). The molecule has 0 fully saturated rings. The van der Waals surface area contributed by atoms with Gasteiger partial charge in [0, 0.05) is 17.8 Å². The molecule has 0 spiro atoms. The highest BCUT2D eigenvalue weighted by molar-refractivity contribution is 5.94. The van der Waals surface area contributed by atoms with Gasteiger partial charge in [-0.05, 0) is 35.4 Å². The Morgan fingerprint density at radius 3 is 2.00 bits per heavy atom. The van der Waals surface area contributed by atoms with Gasteiger partial charge in [-0.1, -0.05) is 24.3 Å². The van der Waals surface area contributed by atoms with Crippen molar-refractivity contribution in [1.29, 1.82) is 0 Å². The third-order valence-electron chi connectivity index (χ3n) is 3.02. The summed E-state index contributed by atoms with van der Waals surface area (Å²) >= 11 is 0. The number of nitrogens with one attached hydrogen (secondary N) is 1. The van der Waals surface area contributed by atoms with Crippen LogP contribution in [0.2, 0.25) is 0 Å². The van der Waals surface area contributed by atoms with Crippen molar-refractivity contribution in [2.75, 3.05) is 12.3 Å². The van der Waals surface area contributed by atoms with E-state index >= 15 is 0 Å². The van der Waals surface area contributed by atoms with Crippen molar-refractivity contribution in [1.82, 2.24) is 5.32 Å². The molecule has 0 bridgehead atoms. The van der Waals surface area contributed by atoms with E-state index in [1.165, 1.54) is 0 Å². The van der Waals surface area contributed by atoms with Crippen LogP contribution in [0.25, 0.3) is 11.1 Å². The van der Waals surface area contributed by atoms with Crippen LogP contribution in [0.4, 0.5) is 5.69 Å². The quantitative estimate of drug-likeness (QED) is 0.733. The molecule has 0 aliphatic heterocycles. The van der Waals surface area contributed by atoms with Crippen molar-refractivity contribution < 1.29 is 14.7 Å². The molecule has 2 aromatic rings. The predicted molar refractivity (Wildman–Crippen MR) is 80.9 cm³/mol. The fraction of sp³-hybridized carbons (Fsp3) is 0.125. The van der Waals surface area contributed by atoms with Crippen LogP contribution in [-0.4, -0.2) is 23.5 Å². The molecule has 5 nitrogen and oxygen atoms in total. The lowest BCUT2D eigenvalue weighted by atomic mass is 10.0. The third-order valence-corrected chi connectivity index (χ3v) is 3.02. The van der Waals surface area contributed by atoms with Gasteiger partial charge in [-0.25, -0.2) is 0 Å². The Morgan fingerprint density at radius 2 is 1.48 bits per heavy atom. The molecule has 4 N–H and O–H groups in total. The number of carbonyl (C=O) groups excluding carboxylic acids is 1. The molecule has 0 atom stereocenters. The van der Waals surface area contributed by atoms with Gasteiger partial charge >= 0.3 is 5.97 Å². The van der Waals surface area contributed by atoms with E-state index in [2.05, 4.69) is 5.32 Å². The highest BCUT2D eigenvalue weighted by atomic mass is 16.4. The summed E-state index contributed by atoms with van der Waals surface area (Å²) in [4.78, 5) is 22.2. The number of carboxylic acid groups (broad SMARTS) is 1. The van der Waals surface area contributed by atoms with E-state index < -0.39 is 5.97 Å². The summed E-state index contributed by atoms with van der Waals surface area (Å²) in [5, 5.41) is 11.1. The van der Waals surface area contributed by atoms with Crippen molar-refractivity contribution in [3.63, 3.8) is 0 Å². The van der Waals surface area contributed by atoms with E-state index in [1.807, 2.05) is 36.4 Å². The van der Waals surface area contributed by atoms with E-state index in [-0.39, 0.29) is 18.9 Å². The number of hydrogen-bond donors (Lipinski definition) is 3. The Balaban J connectivity index is 2.03. The first-order valence-corrected chi connectivity index (χ1v) is 6.52. The lowest BCUT2D eigenvalue weighted by molar-refractivity contribution is -0.136. The summed E-state index contributed by atoms with van der Waals surface area (Å²) in [6, 6.07) is 14.6. The van der Waals surface area contributed by atoms with Crippen LogP contribution in [0.15, 0.2) is 48.5 Å². The third kappa shape index (κ3) is 4.07. The minimum Gasteiger partial charge on any atom is -0.481 e. The molecule has 0 saturated carbocycles. The van der Waals surface area contributed by atoms with E-state index in [4.69, 9.17) is 10.8 Å². The summed E-state index contributed by atoms with van der Waals surface area (Å²) < 4.78 is 0. The normalized spacial score (nSPS) is 10.1. The van der Waals surface area contributed by atoms with E-state index in [9.17, 15) is 9.59 Å². The smallest absolute Gasteiger partial charge is 0.305 e. The first-order chi connectivity index (χ1) is 10.1. The molecular formula is C16H16N2O3. The number of nitrogen functional groups attached to an aromatic ring is 1. The summed E-state index contributed by atoms with van der Waals surface area (Å²) in [5.41, 5.74) is 8.84. The second kappa shape index (κ2) is 6.56. The van der Waals surface area contributed by atoms with Gasteiger partial charge in [0.05, 0.1) is 6.42 Å².